The quantitative estimate of drug-likeness (QED) is 0.134. The third-order valence-electron chi connectivity index (χ3n) is 13.0. The van der Waals surface area contributed by atoms with Crippen LogP contribution in [-0.2, 0) is 52.8 Å². The van der Waals surface area contributed by atoms with Gasteiger partial charge in [-0.1, -0.05) is 39.8 Å². The Bertz CT molecular complexity index is 2460. The summed E-state index contributed by atoms with van der Waals surface area (Å²) >= 11 is 5.73. The number of carbonyl (C=O) groups excluding carboxylic acids is 5. The van der Waals surface area contributed by atoms with E-state index in [9.17, 15) is 29.1 Å². The molecule has 0 radical (unpaired) electrons. The number of aryl methyl sites for hydroxylation is 1. The summed E-state index contributed by atoms with van der Waals surface area (Å²) in [5.74, 6) is -3.09. The number of pyridine rings is 1. The van der Waals surface area contributed by atoms with E-state index in [-0.39, 0.29) is 68.1 Å². The molecule has 3 aliphatic heterocycles. The van der Waals surface area contributed by atoms with E-state index >= 15 is 0 Å². The molecule has 0 spiro atoms. The fourth-order valence-electron chi connectivity index (χ4n) is 9.60. The highest BCUT2D eigenvalue weighted by Gasteiger charge is 2.42. The summed E-state index contributed by atoms with van der Waals surface area (Å²) < 4.78 is 14.2. The molecule has 15 nitrogen and oxygen atoms in total. The summed E-state index contributed by atoms with van der Waals surface area (Å²) in [6.07, 6.45) is 2.95. The Balaban J connectivity index is 1.31. The maximum atomic E-state index is 14.7. The number of nitrogens with one attached hydrogen (secondary N) is 2. The molecule has 348 valence electrons. The third kappa shape index (κ3) is 9.87. The van der Waals surface area contributed by atoms with Crippen LogP contribution in [0.5, 0.6) is 5.75 Å². The van der Waals surface area contributed by atoms with Gasteiger partial charge in [-0.15, -0.1) is 11.6 Å². The van der Waals surface area contributed by atoms with E-state index < -0.39 is 47.2 Å². The number of aromatic nitrogens is 2. The standard InChI is InChI=1S/C49H62ClN7O8/c1-9-56-40-15-14-31-22-36(40)37(44(56)35-12-10-16-51-42(35)29(4)64-8)23-49(5,6)27-65-48(63)38-13-11-17-57(53-38)47(62)39(20-30-18-32(31)21-34(58)19-30)52-45(60)43(28(2)3)54(7)46(61)33-25-55(26-33)41(59)24-50/h10,12,14-16,18-19,21-22,28-29,33,38-39,43,53,58H,9,11,13,17,20,23-27H2,1-8H3,(H,52,60)/t29-,38?,39+,43-/m0/s1. The van der Waals surface area contributed by atoms with Gasteiger partial charge in [-0.05, 0) is 97.7 Å². The number of rotatable bonds is 10. The fourth-order valence-corrected chi connectivity index (χ4v) is 9.77. The van der Waals surface area contributed by atoms with Crippen LogP contribution in [0.3, 0.4) is 0 Å². The van der Waals surface area contributed by atoms with Gasteiger partial charge in [0, 0.05) is 74.8 Å². The van der Waals surface area contributed by atoms with E-state index in [1.807, 2.05) is 39.0 Å². The monoisotopic (exact) mass is 911 g/mol. The molecule has 5 heterocycles. The van der Waals surface area contributed by atoms with Crippen molar-refractivity contribution < 1.29 is 38.6 Å². The van der Waals surface area contributed by atoms with Crippen molar-refractivity contribution in [1.82, 2.24) is 35.1 Å². The number of amides is 4. The number of phenols is 1. The Morgan fingerprint density at radius 3 is 2.54 bits per heavy atom. The van der Waals surface area contributed by atoms with Crippen molar-refractivity contribution in [1.29, 1.82) is 0 Å². The second-order valence-electron chi connectivity index (χ2n) is 18.8. The zero-order chi connectivity index (χ0) is 46.9. The second kappa shape index (κ2) is 19.5. The number of cyclic esters (lactones) is 1. The van der Waals surface area contributed by atoms with Gasteiger partial charge in [0.15, 0.2) is 0 Å². The molecule has 3 aliphatic rings. The lowest BCUT2D eigenvalue weighted by molar-refractivity contribution is -0.155. The number of alkyl halides is 1. The van der Waals surface area contributed by atoms with Gasteiger partial charge in [0.2, 0.25) is 17.7 Å². The molecule has 2 saturated heterocycles. The maximum absolute atomic E-state index is 14.7. The summed E-state index contributed by atoms with van der Waals surface area (Å²) in [7, 11) is 3.23. The summed E-state index contributed by atoms with van der Waals surface area (Å²) in [5, 5.41) is 16.6. The summed E-state index contributed by atoms with van der Waals surface area (Å²) in [4.78, 5) is 76.4. The average molecular weight is 913 g/mol. The minimum atomic E-state index is -1.17. The van der Waals surface area contributed by atoms with Gasteiger partial charge in [-0.25, -0.2) is 5.43 Å². The summed E-state index contributed by atoms with van der Waals surface area (Å²) in [6.45, 7) is 13.3. The first-order valence-corrected chi connectivity index (χ1v) is 23.1. The van der Waals surface area contributed by atoms with Gasteiger partial charge >= 0.3 is 5.97 Å². The van der Waals surface area contributed by atoms with Crippen molar-refractivity contribution in [3.8, 4) is 28.1 Å². The molecule has 16 heteroatoms. The number of methoxy groups -OCH3 is 1. The number of carbonyl (C=O) groups is 5. The SMILES string of the molecule is CCn1c(-c2cccnc2[C@H](C)OC)c2c3cc(ccc31)-c1cc(O)cc(c1)C[C@@H](NC(=O)[C@H](C(C)C)N(C)C(=O)C1CN(C(=O)CCl)C1)C(=O)N1CCCC(N1)C(=O)OCC(C)(C)C2. The Hall–Kier alpha value is -5.51. The number of halogens is 1. The largest absolute Gasteiger partial charge is 0.508 e. The van der Waals surface area contributed by atoms with Crippen molar-refractivity contribution in [2.75, 3.05) is 46.3 Å². The van der Waals surface area contributed by atoms with Crippen LogP contribution in [0, 0.1) is 17.3 Å². The first kappa shape index (κ1) is 47.5. The lowest BCUT2D eigenvalue weighted by Gasteiger charge is -2.42. The molecule has 0 aliphatic carbocycles. The minimum absolute atomic E-state index is 0.0145. The highest BCUT2D eigenvalue weighted by atomic mass is 35.5. The molecular formula is C49H62ClN7O8. The van der Waals surface area contributed by atoms with Gasteiger partial charge in [-0.3, -0.25) is 34.0 Å². The topological polar surface area (TPSA) is 176 Å². The summed E-state index contributed by atoms with van der Waals surface area (Å²) in [5.41, 5.74) is 9.49. The first-order valence-electron chi connectivity index (χ1n) is 22.6. The van der Waals surface area contributed by atoms with Gasteiger partial charge in [0.05, 0.1) is 30.0 Å². The number of hydrogen-bond acceptors (Lipinski definition) is 10. The van der Waals surface area contributed by atoms with Crippen LogP contribution in [-0.4, -0.2) is 123 Å². The van der Waals surface area contributed by atoms with E-state index in [0.717, 1.165) is 39.0 Å². The molecule has 2 aromatic carbocycles. The molecule has 2 aromatic heterocycles. The van der Waals surface area contributed by atoms with Crippen LogP contribution >= 0.6 is 11.6 Å². The number of nitrogens with zero attached hydrogens (tertiary/aromatic N) is 5. The van der Waals surface area contributed by atoms with Crippen LogP contribution in [0.4, 0.5) is 0 Å². The Kier molecular flexibility index (Phi) is 14.3. The predicted octanol–water partition coefficient (Wildman–Crippen LogP) is 5.63. The Morgan fingerprint density at radius 2 is 1.85 bits per heavy atom. The molecule has 65 heavy (non-hydrogen) atoms. The number of benzene rings is 2. The number of phenolic OH excluding ortho intramolecular Hbond substituents is 1. The highest BCUT2D eigenvalue weighted by molar-refractivity contribution is 6.27. The number of fused-ring (bicyclic) bond motifs is 6. The number of ether oxygens (including phenoxy) is 2. The molecule has 4 atom stereocenters. The summed E-state index contributed by atoms with van der Waals surface area (Å²) in [6, 6.07) is 12.5. The highest BCUT2D eigenvalue weighted by Crippen LogP contribution is 2.42. The number of aromatic hydroxyl groups is 1. The van der Waals surface area contributed by atoms with Crippen LogP contribution in [0.25, 0.3) is 33.3 Å². The Morgan fingerprint density at radius 1 is 1.09 bits per heavy atom. The Labute approximate surface area is 385 Å². The second-order valence-corrected chi connectivity index (χ2v) is 19.1. The normalized spacial score (nSPS) is 20.2. The first-order chi connectivity index (χ1) is 30.9. The number of likely N-dealkylation sites (N-methyl/N-ethyl adjacent to an activating group) is 1. The molecule has 3 N–H and O–H groups in total. The predicted molar refractivity (Wildman–Crippen MR) is 248 cm³/mol. The number of hydrogen-bond donors (Lipinski definition) is 3. The molecule has 0 saturated carbocycles. The number of likely N-dealkylation sites (tertiary alicyclic amines) is 1. The smallest absolute Gasteiger partial charge is 0.324 e. The molecule has 7 rings (SSSR count). The van der Waals surface area contributed by atoms with Gasteiger partial charge in [0.1, 0.15) is 29.8 Å². The molecule has 2 fully saturated rings. The van der Waals surface area contributed by atoms with Crippen molar-refractivity contribution in [2.24, 2.45) is 17.3 Å². The number of esters is 1. The van der Waals surface area contributed by atoms with Crippen molar-refractivity contribution in [3.63, 3.8) is 0 Å². The van der Waals surface area contributed by atoms with Crippen molar-refractivity contribution in [2.45, 2.75) is 98.0 Å². The van der Waals surface area contributed by atoms with Crippen molar-refractivity contribution >= 4 is 52.1 Å². The maximum Gasteiger partial charge on any atom is 0.324 e. The lowest BCUT2D eigenvalue weighted by atomic mass is 9.84. The van der Waals surface area contributed by atoms with Gasteiger partial charge < -0.3 is 34.3 Å². The molecule has 6 bridgehead atoms. The molecular weight excluding hydrogens is 850 g/mol. The van der Waals surface area contributed by atoms with Gasteiger partial charge in [-0.2, -0.15) is 0 Å². The third-order valence-corrected chi connectivity index (χ3v) is 13.3. The lowest BCUT2D eigenvalue weighted by Crippen LogP contribution is -2.63. The number of hydrazine groups is 1. The zero-order valence-electron chi connectivity index (χ0n) is 38.7. The minimum Gasteiger partial charge on any atom is -0.508 e. The van der Waals surface area contributed by atoms with Crippen LogP contribution in [0.15, 0.2) is 54.7 Å². The average Bonchev–Trinajstić information content (AvgIpc) is 3.57. The van der Waals surface area contributed by atoms with E-state index in [4.69, 9.17) is 26.1 Å². The van der Waals surface area contributed by atoms with Crippen LogP contribution in [0.2, 0.25) is 0 Å². The van der Waals surface area contributed by atoms with Crippen LogP contribution < -0.4 is 10.7 Å². The van der Waals surface area contributed by atoms with Gasteiger partial charge in [0.25, 0.3) is 5.91 Å². The molecule has 1 unspecified atom stereocenters. The molecule has 4 amide bonds. The van der Waals surface area contributed by atoms with E-state index in [0.29, 0.717) is 36.9 Å². The van der Waals surface area contributed by atoms with E-state index in [1.54, 1.807) is 32.5 Å². The van der Waals surface area contributed by atoms with Crippen LogP contribution in [0.1, 0.15) is 77.3 Å². The van der Waals surface area contributed by atoms with E-state index in [2.05, 4.69) is 54.3 Å². The molecule has 4 aromatic rings. The van der Waals surface area contributed by atoms with E-state index in [1.165, 1.54) is 14.8 Å². The zero-order valence-corrected chi connectivity index (χ0v) is 39.4. The fraction of sp³-hybridized carbons (Fsp3) is 0.510. The van der Waals surface area contributed by atoms with Crippen molar-refractivity contribution in [3.05, 3.63) is 71.5 Å².